The predicted octanol–water partition coefficient (Wildman–Crippen LogP) is 3.86. The van der Waals surface area contributed by atoms with Gasteiger partial charge in [0.25, 0.3) is 0 Å². The van der Waals surface area contributed by atoms with Gasteiger partial charge in [0.2, 0.25) is 0 Å². The van der Waals surface area contributed by atoms with Gasteiger partial charge in [-0.2, -0.15) is 0 Å². The van der Waals surface area contributed by atoms with Gasteiger partial charge < -0.3 is 14.7 Å². The molecule has 0 saturated carbocycles. The van der Waals surface area contributed by atoms with Crippen molar-refractivity contribution in [1.82, 2.24) is 4.98 Å². The highest BCUT2D eigenvalue weighted by Gasteiger charge is 2.26. The molecule has 5 nitrogen and oxygen atoms in total. The van der Waals surface area contributed by atoms with Gasteiger partial charge >= 0.3 is 5.97 Å². The quantitative estimate of drug-likeness (QED) is 0.805. The molecular weight excluding hydrogens is 352 g/mol. The topological polar surface area (TPSA) is 62.7 Å². The van der Waals surface area contributed by atoms with Crippen molar-refractivity contribution >= 4 is 23.4 Å². The average Bonchev–Trinajstić information content (AvgIpc) is 2.68. The summed E-state index contributed by atoms with van der Waals surface area (Å²) >= 11 is 5.91. The van der Waals surface area contributed by atoms with E-state index >= 15 is 0 Å². The number of hydrogen-bond acceptors (Lipinski definition) is 5. The van der Waals surface area contributed by atoms with Gasteiger partial charge in [0.05, 0.1) is 18.3 Å². The second-order valence-corrected chi connectivity index (χ2v) is 6.88. The first-order valence-electron chi connectivity index (χ1n) is 8.90. The number of halogens is 1. The van der Waals surface area contributed by atoms with E-state index in [1.165, 1.54) is 0 Å². The summed E-state index contributed by atoms with van der Waals surface area (Å²) in [6, 6.07) is 11.0. The van der Waals surface area contributed by atoms with Crippen molar-refractivity contribution < 1.29 is 14.6 Å². The average molecular weight is 375 g/mol. The highest BCUT2D eigenvalue weighted by atomic mass is 35.5. The zero-order chi connectivity index (χ0) is 18.5. The van der Waals surface area contributed by atoms with Gasteiger partial charge in [-0.05, 0) is 55.5 Å². The molecule has 1 saturated heterocycles. The van der Waals surface area contributed by atoms with Crippen LogP contribution in [0.2, 0.25) is 5.02 Å². The SMILES string of the molecule is CCOC(=O)c1ccc(N2CCC(C(O)c3ccc(Cl)cc3)CC2)nc1. The van der Waals surface area contributed by atoms with Gasteiger partial charge in [0.15, 0.2) is 0 Å². The first-order chi connectivity index (χ1) is 12.6. The van der Waals surface area contributed by atoms with E-state index < -0.39 is 6.10 Å². The Morgan fingerprint density at radius 3 is 2.54 bits per heavy atom. The zero-order valence-electron chi connectivity index (χ0n) is 14.8. The molecular formula is C20H23ClN2O3. The van der Waals surface area contributed by atoms with E-state index in [4.69, 9.17) is 16.3 Å². The minimum atomic E-state index is -0.478. The van der Waals surface area contributed by atoms with Gasteiger partial charge in [0.1, 0.15) is 5.82 Å². The van der Waals surface area contributed by atoms with Crippen molar-refractivity contribution in [2.75, 3.05) is 24.6 Å². The van der Waals surface area contributed by atoms with Crippen molar-refractivity contribution in [2.24, 2.45) is 5.92 Å². The van der Waals surface area contributed by atoms with Crippen LogP contribution in [0.4, 0.5) is 5.82 Å². The lowest BCUT2D eigenvalue weighted by atomic mass is 9.87. The maximum absolute atomic E-state index is 11.7. The van der Waals surface area contributed by atoms with E-state index in [-0.39, 0.29) is 11.9 Å². The number of anilines is 1. The molecule has 2 heterocycles. The van der Waals surface area contributed by atoms with Crippen molar-refractivity contribution in [1.29, 1.82) is 0 Å². The van der Waals surface area contributed by atoms with Crippen LogP contribution in [-0.2, 0) is 4.74 Å². The number of piperidine rings is 1. The third kappa shape index (κ3) is 4.34. The number of aromatic nitrogens is 1. The summed E-state index contributed by atoms with van der Waals surface area (Å²) in [6.07, 6.45) is 2.84. The highest BCUT2D eigenvalue weighted by Crippen LogP contribution is 2.32. The second-order valence-electron chi connectivity index (χ2n) is 6.45. The van der Waals surface area contributed by atoms with E-state index in [9.17, 15) is 9.90 Å². The first kappa shape index (κ1) is 18.7. The Balaban J connectivity index is 1.58. The van der Waals surface area contributed by atoms with Crippen LogP contribution in [0.3, 0.4) is 0 Å². The predicted molar refractivity (Wildman–Crippen MR) is 102 cm³/mol. The summed E-state index contributed by atoms with van der Waals surface area (Å²) in [4.78, 5) is 18.3. The third-order valence-electron chi connectivity index (χ3n) is 4.78. The van der Waals surface area contributed by atoms with E-state index in [1.807, 2.05) is 30.3 Å². The van der Waals surface area contributed by atoms with Crippen LogP contribution in [-0.4, -0.2) is 35.8 Å². The Kier molecular flexibility index (Phi) is 6.12. The zero-order valence-corrected chi connectivity index (χ0v) is 15.5. The molecule has 0 spiro atoms. The molecule has 0 radical (unpaired) electrons. The fourth-order valence-corrected chi connectivity index (χ4v) is 3.41. The van der Waals surface area contributed by atoms with Crippen molar-refractivity contribution in [3.63, 3.8) is 0 Å². The molecule has 1 fully saturated rings. The van der Waals surface area contributed by atoms with Crippen LogP contribution in [0.15, 0.2) is 42.6 Å². The largest absolute Gasteiger partial charge is 0.462 e. The fourth-order valence-electron chi connectivity index (χ4n) is 3.28. The van der Waals surface area contributed by atoms with E-state index in [2.05, 4.69) is 9.88 Å². The summed E-state index contributed by atoms with van der Waals surface area (Å²) in [6.45, 7) is 3.77. The van der Waals surface area contributed by atoms with Crippen molar-refractivity contribution in [3.05, 3.63) is 58.7 Å². The summed E-state index contributed by atoms with van der Waals surface area (Å²) < 4.78 is 4.97. The molecule has 6 heteroatoms. The molecule has 2 aromatic rings. The number of esters is 1. The van der Waals surface area contributed by atoms with Gasteiger partial charge in [-0.15, -0.1) is 0 Å². The molecule has 0 aliphatic carbocycles. The summed E-state index contributed by atoms with van der Waals surface area (Å²) in [5, 5.41) is 11.3. The molecule has 3 rings (SSSR count). The lowest BCUT2D eigenvalue weighted by Crippen LogP contribution is -2.36. The normalized spacial score (nSPS) is 16.3. The van der Waals surface area contributed by atoms with Crippen molar-refractivity contribution in [2.45, 2.75) is 25.9 Å². The Morgan fingerprint density at radius 1 is 1.27 bits per heavy atom. The van der Waals surface area contributed by atoms with Gasteiger partial charge in [-0.1, -0.05) is 23.7 Å². The molecule has 26 heavy (non-hydrogen) atoms. The summed E-state index contributed by atoms with van der Waals surface area (Å²) in [5.41, 5.74) is 1.37. The molecule has 0 bridgehead atoms. The van der Waals surface area contributed by atoms with Gasteiger partial charge in [-0.3, -0.25) is 0 Å². The Labute approximate surface area is 158 Å². The number of aliphatic hydroxyl groups is 1. The number of pyridine rings is 1. The van der Waals surface area contributed by atoms with Crippen molar-refractivity contribution in [3.8, 4) is 0 Å². The van der Waals surface area contributed by atoms with Crippen LogP contribution in [0.5, 0.6) is 0 Å². The lowest BCUT2D eigenvalue weighted by molar-refractivity contribution is 0.0526. The lowest BCUT2D eigenvalue weighted by Gasteiger charge is -2.35. The molecule has 1 unspecified atom stereocenters. The molecule has 0 amide bonds. The maximum atomic E-state index is 11.7. The number of aliphatic hydroxyl groups excluding tert-OH is 1. The molecule has 138 valence electrons. The highest BCUT2D eigenvalue weighted by molar-refractivity contribution is 6.30. The van der Waals surface area contributed by atoms with Crippen LogP contribution < -0.4 is 4.90 Å². The Bertz CT molecular complexity index is 726. The molecule has 1 aliphatic rings. The Hall–Kier alpha value is -2.11. The minimum Gasteiger partial charge on any atom is -0.462 e. The number of carbonyl (C=O) groups excluding carboxylic acids is 1. The number of rotatable bonds is 5. The molecule has 1 N–H and O–H groups in total. The molecule has 1 atom stereocenters. The van der Waals surface area contributed by atoms with Crippen LogP contribution in [0, 0.1) is 5.92 Å². The standard InChI is InChI=1S/C20H23ClN2O3/c1-2-26-20(25)16-5-8-18(22-13-16)23-11-9-15(10-12-23)19(24)14-3-6-17(21)7-4-14/h3-8,13,15,19,24H,2,9-12H2,1H3. The third-order valence-corrected chi connectivity index (χ3v) is 5.03. The number of carbonyl (C=O) groups is 1. The van der Waals surface area contributed by atoms with Gasteiger partial charge in [-0.25, -0.2) is 9.78 Å². The van der Waals surface area contributed by atoms with Crippen LogP contribution >= 0.6 is 11.6 Å². The molecule has 1 aromatic carbocycles. The minimum absolute atomic E-state index is 0.214. The van der Waals surface area contributed by atoms with E-state index in [0.717, 1.165) is 37.3 Å². The van der Waals surface area contributed by atoms with E-state index in [1.54, 1.807) is 19.2 Å². The van der Waals surface area contributed by atoms with Crippen LogP contribution in [0.1, 0.15) is 41.8 Å². The number of benzene rings is 1. The molecule has 1 aliphatic heterocycles. The molecule has 1 aromatic heterocycles. The van der Waals surface area contributed by atoms with Gasteiger partial charge in [0, 0.05) is 24.3 Å². The number of ether oxygens (including phenoxy) is 1. The fraction of sp³-hybridized carbons (Fsp3) is 0.400. The van der Waals surface area contributed by atoms with Crippen LogP contribution in [0.25, 0.3) is 0 Å². The first-order valence-corrected chi connectivity index (χ1v) is 9.28. The smallest absolute Gasteiger partial charge is 0.339 e. The summed E-state index contributed by atoms with van der Waals surface area (Å²) in [5.74, 6) is 0.708. The van der Waals surface area contributed by atoms with E-state index in [0.29, 0.717) is 17.2 Å². The summed E-state index contributed by atoms with van der Waals surface area (Å²) in [7, 11) is 0. The second kappa shape index (κ2) is 8.52. The number of nitrogens with zero attached hydrogens (tertiary/aromatic N) is 2. The maximum Gasteiger partial charge on any atom is 0.339 e. The number of hydrogen-bond donors (Lipinski definition) is 1. The monoisotopic (exact) mass is 374 g/mol. The Morgan fingerprint density at radius 2 is 1.96 bits per heavy atom.